The highest BCUT2D eigenvalue weighted by Gasteiger charge is 2.38. The zero-order chi connectivity index (χ0) is 18.4. The number of hydrogen-bond donors (Lipinski definition) is 0. The molecular weight excluding hydrogens is 318 g/mol. The van der Waals surface area contributed by atoms with Crippen molar-refractivity contribution in [1.82, 2.24) is 24.2 Å². The van der Waals surface area contributed by atoms with Crippen LogP contribution in [0.25, 0.3) is 11.5 Å². The smallest absolute Gasteiger partial charge is 0.410 e. The van der Waals surface area contributed by atoms with Gasteiger partial charge < -0.3 is 18.8 Å². The minimum atomic E-state index is -0.511. The first kappa shape index (κ1) is 17.5. The lowest BCUT2D eigenvalue weighted by Gasteiger charge is -2.37. The van der Waals surface area contributed by atoms with Gasteiger partial charge in [-0.1, -0.05) is 0 Å². The van der Waals surface area contributed by atoms with Crippen LogP contribution in [0.4, 0.5) is 4.79 Å². The molecule has 1 aliphatic rings. The molecule has 0 unspecified atom stereocenters. The van der Waals surface area contributed by atoms with Gasteiger partial charge in [-0.15, -0.1) is 10.2 Å². The highest BCUT2D eigenvalue weighted by atomic mass is 16.6. The summed E-state index contributed by atoms with van der Waals surface area (Å²) in [6.45, 7) is 11.0. The molecule has 0 atom stereocenters. The fourth-order valence-corrected chi connectivity index (χ4v) is 3.22. The molecule has 2 aromatic rings. The second kappa shape index (κ2) is 5.89. The topological polar surface area (TPSA) is 65.2 Å². The van der Waals surface area contributed by atoms with Crippen molar-refractivity contribution in [2.24, 2.45) is 7.05 Å². The molecule has 7 nitrogen and oxygen atoms in total. The van der Waals surface area contributed by atoms with E-state index >= 15 is 0 Å². The molecule has 1 aliphatic heterocycles. The van der Waals surface area contributed by atoms with Gasteiger partial charge in [0.1, 0.15) is 11.4 Å². The summed E-state index contributed by atoms with van der Waals surface area (Å²) in [6, 6.07) is 4.02. The Balaban J connectivity index is 1.91. The highest BCUT2D eigenvalue weighted by molar-refractivity contribution is 5.69. The quantitative estimate of drug-likeness (QED) is 0.797. The summed E-state index contributed by atoms with van der Waals surface area (Å²) in [7, 11) is 1.99. The summed E-state index contributed by atoms with van der Waals surface area (Å²) >= 11 is 0. The van der Waals surface area contributed by atoms with E-state index in [1.165, 1.54) is 0 Å². The molecule has 25 heavy (non-hydrogen) atoms. The Morgan fingerprint density at radius 2 is 1.96 bits per heavy atom. The monoisotopic (exact) mass is 345 g/mol. The van der Waals surface area contributed by atoms with Gasteiger partial charge in [-0.3, -0.25) is 0 Å². The molecule has 1 amide bonds. The number of carbonyl (C=O) groups is 1. The fourth-order valence-electron chi connectivity index (χ4n) is 3.22. The summed E-state index contributed by atoms with van der Waals surface area (Å²) in [6.07, 6.45) is 2.34. The molecule has 7 heteroatoms. The Bertz CT molecular complexity index is 782. The van der Waals surface area contributed by atoms with Gasteiger partial charge >= 0.3 is 6.09 Å². The normalized spacial score (nSPS) is 17.1. The number of amides is 1. The van der Waals surface area contributed by atoms with Crippen LogP contribution in [0.15, 0.2) is 18.3 Å². The van der Waals surface area contributed by atoms with Crippen molar-refractivity contribution in [1.29, 1.82) is 0 Å². The molecule has 0 aliphatic carbocycles. The second-order valence-corrected chi connectivity index (χ2v) is 8.22. The van der Waals surface area contributed by atoms with Crippen molar-refractivity contribution in [2.75, 3.05) is 6.54 Å². The molecule has 0 spiro atoms. The molecule has 3 heterocycles. The highest BCUT2D eigenvalue weighted by Crippen LogP contribution is 2.28. The van der Waals surface area contributed by atoms with E-state index in [1.807, 2.05) is 69.5 Å². The maximum absolute atomic E-state index is 12.7. The number of rotatable bonds is 1. The van der Waals surface area contributed by atoms with E-state index in [9.17, 15) is 4.79 Å². The van der Waals surface area contributed by atoms with E-state index in [4.69, 9.17) is 4.74 Å². The third-order valence-electron chi connectivity index (χ3n) is 4.48. The molecule has 0 radical (unpaired) electrons. The molecule has 0 fully saturated rings. The van der Waals surface area contributed by atoms with Gasteiger partial charge in [0.05, 0.1) is 5.69 Å². The van der Waals surface area contributed by atoms with Crippen LogP contribution >= 0.6 is 0 Å². The first-order chi connectivity index (χ1) is 11.6. The number of nitrogens with zero attached hydrogens (tertiary/aromatic N) is 5. The van der Waals surface area contributed by atoms with Gasteiger partial charge in [0.2, 0.25) is 0 Å². The largest absolute Gasteiger partial charge is 0.444 e. The average molecular weight is 345 g/mol. The molecular formula is C18H27N5O2. The van der Waals surface area contributed by atoms with Crippen molar-refractivity contribution in [2.45, 2.75) is 58.7 Å². The van der Waals surface area contributed by atoms with E-state index in [2.05, 4.69) is 14.8 Å². The zero-order valence-corrected chi connectivity index (χ0v) is 15.9. The van der Waals surface area contributed by atoms with E-state index in [-0.39, 0.29) is 6.09 Å². The Morgan fingerprint density at radius 1 is 1.24 bits per heavy atom. The molecule has 0 aromatic carbocycles. The third-order valence-corrected chi connectivity index (χ3v) is 4.48. The number of carbonyl (C=O) groups excluding carboxylic acids is 1. The van der Waals surface area contributed by atoms with Gasteiger partial charge in [-0.25, -0.2) is 4.79 Å². The maximum Gasteiger partial charge on any atom is 0.410 e. The molecule has 3 rings (SSSR count). The van der Waals surface area contributed by atoms with E-state index < -0.39 is 11.1 Å². The first-order valence-corrected chi connectivity index (χ1v) is 8.63. The Labute approximate surface area is 148 Å². The maximum atomic E-state index is 12.7. The van der Waals surface area contributed by atoms with Crippen molar-refractivity contribution >= 4 is 6.09 Å². The number of hydrogen-bond acceptors (Lipinski definition) is 4. The van der Waals surface area contributed by atoms with Gasteiger partial charge in [-0.05, 0) is 46.8 Å². The van der Waals surface area contributed by atoms with Crippen LogP contribution in [0.3, 0.4) is 0 Å². The number of ether oxygens (including phenoxy) is 1. The average Bonchev–Trinajstić information content (AvgIpc) is 2.99. The summed E-state index contributed by atoms with van der Waals surface area (Å²) in [4.78, 5) is 14.5. The number of aromatic nitrogens is 4. The lowest BCUT2D eigenvalue weighted by Crippen LogP contribution is -2.50. The lowest BCUT2D eigenvalue weighted by molar-refractivity contribution is 0.00409. The predicted octanol–water partition coefficient (Wildman–Crippen LogP) is 2.86. The third kappa shape index (κ3) is 3.41. The Hall–Kier alpha value is -2.31. The Kier molecular flexibility index (Phi) is 4.13. The second-order valence-electron chi connectivity index (χ2n) is 8.22. The van der Waals surface area contributed by atoms with Crippen LogP contribution in [0.1, 0.15) is 40.4 Å². The van der Waals surface area contributed by atoms with Crippen LogP contribution < -0.4 is 0 Å². The van der Waals surface area contributed by atoms with Crippen LogP contribution in [0.2, 0.25) is 0 Å². The SMILES string of the molecule is Cn1cccc1-c1nnc2n1CCN(C(=O)OC(C)(C)C)C(C)(C)C2. The standard InChI is InChI=1S/C18H27N5O2/c1-17(2,3)25-16(24)23-11-10-22-14(12-18(23,4)5)19-20-15(22)13-8-7-9-21(13)6/h7-9H,10-12H2,1-6H3. The fraction of sp³-hybridized carbons (Fsp3) is 0.611. The first-order valence-electron chi connectivity index (χ1n) is 8.63. The van der Waals surface area contributed by atoms with Crippen molar-refractivity contribution < 1.29 is 9.53 Å². The lowest BCUT2D eigenvalue weighted by atomic mass is 9.98. The summed E-state index contributed by atoms with van der Waals surface area (Å²) in [5.74, 6) is 1.73. The van der Waals surface area contributed by atoms with Gasteiger partial charge in [0.15, 0.2) is 5.82 Å². The van der Waals surface area contributed by atoms with E-state index in [0.717, 1.165) is 17.3 Å². The zero-order valence-electron chi connectivity index (χ0n) is 15.9. The van der Waals surface area contributed by atoms with E-state index in [0.29, 0.717) is 19.5 Å². The molecule has 0 saturated carbocycles. The van der Waals surface area contributed by atoms with Crippen LogP contribution in [0.5, 0.6) is 0 Å². The summed E-state index contributed by atoms with van der Waals surface area (Å²) < 4.78 is 9.74. The van der Waals surface area contributed by atoms with Crippen molar-refractivity contribution in [3.05, 3.63) is 24.2 Å². The minimum Gasteiger partial charge on any atom is -0.444 e. The summed E-state index contributed by atoms with van der Waals surface area (Å²) in [5.41, 5.74) is 0.111. The Morgan fingerprint density at radius 3 is 2.56 bits per heavy atom. The number of aryl methyl sites for hydroxylation is 1. The minimum absolute atomic E-state index is 0.281. The molecule has 2 aromatic heterocycles. The van der Waals surface area contributed by atoms with Gasteiger partial charge in [0, 0.05) is 38.3 Å². The molecule has 0 bridgehead atoms. The number of fused-ring (bicyclic) bond motifs is 1. The van der Waals surface area contributed by atoms with Crippen LogP contribution in [-0.4, -0.2) is 48.0 Å². The summed E-state index contributed by atoms with van der Waals surface area (Å²) in [5, 5.41) is 8.79. The molecule has 136 valence electrons. The molecule has 0 N–H and O–H groups in total. The van der Waals surface area contributed by atoms with Crippen molar-refractivity contribution in [3.63, 3.8) is 0 Å². The van der Waals surface area contributed by atoms with E-state index in [1.54, 1.807) is 0 Å². The van der Waals surface area contributed by atoms with Crippen LogP contribution in [-0.2, 0) is 24.8 Å². The van der Waals surface area contributed by atoms with Gasteiger partial charge in [-0.2, -0.15) is 0 Å². The molecule has 0 saturated heterocycles. The predicted molar refractivity (Wildman–Crippen MR) is 95.2 cm³/mol. The van der Waals surface area contributed by atoms with Crippen LogP contribution in [0, 0.1) is 0 Å². The van der Waals surface area contributed by atoms with Gasteiger partial charge in [0.25, 0.3) is 0 Å². The van der Waals surface area contributed by atoms with Crippen molar-refractivity contribution in [3.8, 4) is 11.5 Å².